The van der Waals surface area contributed by atoms with Gasteiger partial charge in [-0.05, 0) is 32.2 Å². The molecule has 4 heteroatoms. The summed E-state index contributed by atoms with van der Waals surface area (Å²) < 4.78 is 2.13. The molecule has 0 unspecified atom stereocenters. The molecule has 3 rings (SSSR count). The number of hydrogen-bond donors (Lipinski definition) is 1. The van der Waals surface area contributed by atoms with Gasteiger partial charge in [-0.1, -0.05) is 6.42 Å². The average Bonchev–Trinajstić information content (AvgIpc) is 2.98. The third-order valence-corrected chi connectivity index (χ3v) is 3.12. The Hall–Kier alpha value is -0.900. The van der Waals surface area contributed by atoms with E-state index in [1.807, 2.05) is 0 Å². The first-order valence-electron chi connectivity index (χ1n) is 5.58. The minimum Gasteiger partial charge on any atom is -0.307 e. The van der Waals surface area contributed by atoms with Crippen LogP contribution < -0.4 is 5.32 Å². The van der Waals surface area contributed by atoms with E-state index in [-0.39, 0.29) is 0 Å². The zero-order valence-corrected chi connectivity index (χ0v) is 8.32. The largest absolute Gasteiger partial charge is 0.307 e. The lowest BCUT2D eigenvalue weighted by atomic mass is 10.0. The van der Waals surface area contributed by atoms with Crippen molar-refractivity contribution in [3.05, 3.63) is 12.2 Å². The predicted molar refractivity (Wildman–Crippen MR) is 52.9 cm³/mol. The first kappa shape index (κ1) is 8.41. The molecule has 0 spiro atoms. The summed E-state index contributed by atoms with van der Waals surface area (Å²) >= 11 is 0. The second-order valence-corrected chi connectivity index (χ2v) is 4.30. The van der Waals surface area contributed by atoms with Crippen molar-refractivity contribution in [3.8, 4) is 0 Å². The second-order valence-electron chi connectivity index (χ2n) is 4.30. The lowest BCUT2D eigenvalue weighted by molar-refractivity contribution is 0.379. The molecule has 1 N–H and O–H groups in total. The Bertz CT molecular complexity index is 310. The molecule has 2 heterocycles. The van der Waals surface area contributed by atoms with E-state index < -0.39 is 0 Å². The van der Waals surface area contributed by atoms with Crippen LogP contribution in [0.4, 0.5) is 0 Å². The zero-order chi connectivity index (χ0) is 9.38. The van der Waals surface area contributed by atoms with Gasteiger partial charge in [-0.15, -0.1) is 0 Å². The van der Waals surface area contributed by atoms with Gasteiger partial charge in [-0.2, -0.15) is 5.10 Å². The van der Waals surface area contributed by atoms with Gasteiger partial charge in [0.05, 0.1) is 12.1 Å². The number of hydrogen-bond acceptors (Lipinski definition) is 3. The van der Waals surface area contributed by atoms with Crippen molar-refractivity contribution < 1.29 is 0 Å². The molecular formula is C10H16N4. The van der Waals surface area contributed by atoms with Gasteiger partial charge in [0, 0.05) is 0 Å². The molecular weight excluding hydrogens is 176 g/mol. The van der Waals surface area contributed by atoms with Crippen molar-refractivity contribution in [2.75, 3.05) is 6.54 Å². The first-order chi connectivity index (χ1) is 6.95. The lowest BCUT2D eigenvalue weighted by Crippen LogP contribution is -2.29. The van der Waals surface area contributed by atoms with Crippen LogP contribution in [0.3, 0.4) is 0 Å². The number of aromatic nitrogens is 3. The van der Waals surface area contributed by atoms with Crippen LogP contribution >= 0.6 is 0 Å². The maximum absolute atomic E-state index is 4.39. The highest BCUT2D eigenvalue weighted by atomic mass is 15.4. The van der Waals surface area contributed by atoms with E-state index in [4.69, 9.17) is 0 Å². The summed E-state index contributed by atoms with van der Waals surface area (Å²) in [4.78, 5) is 4.39. The van der Waals surface area contributed by atoms with Crippen LogP contribution in [-0.4, -0.2) is 21.3 Å². The van der Waals surface area contributed by atoms with E-state index in [2.05, 4.69) is 20.1 Å². The summed E-state index contributed by atoms with van der Waals surface area (Å²) in [6.07, 6.45) is 8.09. The van der Waals surface area contributed by atoms with E-state index >= 15 is 0 Å². The summed E-state index contributed by atoms with van der Waals surface area (Å²) in [5.41, 5.74) is 0. The third-order valence-electron chi connectivity index (χ3n) is 3.12. The molecule has 0 amide bonds. The fourth-order valence-electron chi connectivity index (χ4n) is 2.18. The summed E-state index contributed by atoms with van der Waals surface area (Å²) in [6, 6.07) is 1.10. The van der Waals surface area contributed by atoms with E-state index in [0.717, 1.165) is 12.4 Å². The lowest BCUT2D eigenvalue weighted by Gasteiger charge is -2.22. The van der Waals surface area contributed by atoms with Gasteiger partial charge in [-0.25, -0.2) is 9.67 Å². The minimum atomic E-state index is 0.451. The van der Waals surface area contributed by atoms with Crippen LogP contribution in [-0.2, 0) is 0 Å². The van der Waals surface area contributed by atoms with E-state index in [9.17, 15) is 0 Å². The molecule has 2 aliphatic rings. The van der Waals surface area contributed by atoms with Crippen LogP contribution in [0, 0.1) is 0 Å². The molecule has 2 fully saturated rings. The Morgan fingerprint density at radius 1 is 1.29 bits per heavy atom. The topological polar surface area (TPSA) is 42.7 Å². The van der Waals surface area contributed by atoms with Gasteiger partial charge in [0.1, 0.15) is 12.2 Å². The Balaban J connectivity index is 1.82. The molecule has 1 saturated heterocycles. The van der Waals surface area contributed by atoms with E-state index in [1.54, 1.807) is 6.33 Å². The molecule has 14 heavy (non-hydrogen) atoms. The van der Waals surface area contributed by atoms with Gasteiger partial charge in [0.15, 0.2) is 0 Å². The standard InChI is InChI=1S/C10H16N4/c1-2-6-11-9(3-1)10-12-7-13-14(10)8-4-5-8/h7-9,11H,1-6H2/t9-/m1/s1. The van der Waals surface area contributed by atoms with Gasteiger partial charge in [0.2, 0.25) is 0 Å². The van der Waals surface area contributed by atoms with Crippen molar-refractivity contribution in [2.24, 2.45) is 0 Å². The quantitative estimate of drug-likeness (QED) is 0.770. The van der Waals surface area contributed by atoms with Gasteiger partial charge >= 0.3 is 0 Å². The van der Waals surface area contributed by atoms with Gasteiger partial charge in [0.25, 0.3) is 0 Å². The fraction of sp³-hybridized carbons (Fsp3) is 0.800. The Labute approximate surface area is 83.7 Å². The maximum atomic E-state index is 4.39. The second kappa shape index (κ2) is 3.35. The van der Waals surface area contributed by atoms with Gasteiger partial charge < -0.3 is 5.32 Å². The molecule has 4 nitrogen and oxygen atoms in total. The predicted octanol–water partition coefficient (Wildman–Crippen LogP) is 1.43. The van der Waals surface area contributed by atoms with Crippen LogP contribution in [0.15, 0.2) is 6.33 Å². The van der Waals surface area contributed by atoms with Crippen LogP contribution in [0.1, 0.15) is 50.0 Å². The number of rotatable bonds is 2. The average molecular weight is 192 g/mol. The Kier molecular flexibility index (Phi) is 2.01. The molecule has 76 valence electrons. The van der Waals surface area contributed by atoms with Crippen molar-refractivity contribution >= 4 is 0 Å². The monoisotopic (exact) mass is 192 g/mol. The van der Waals surface area contributed by atoms with Gasteiger partial charge in [-0.3, -0.25) is 0 Å². The molecule has 1 atom stereocenters. The highest BCUT2D eigenvalue weighted by Gasteiger charge is 2.30. The molecule has 0 aromatic carbocycles. The molecule has 0 radical (unpaired) electrons. The fourth-order valence-corrected chi connectivity index (χ4v) is 2.18. The highest BCUT2D eigenvalue weighted by Crippen LogP contribution is 2.36. The number of nitrogens with zero attached hydrogens (tertiary/aromatic N) is 3. The molecule has 1 saturated carbocycles. The normalized spacial score (nSPS) is 27.9. The molecule has 1 aromatic rings. The smallest absolute Gasteiger partial charge is 0.144 e. The van der Waals surface area contributed by atoms with E-state index in [0.29, 0.717) is 12.1 Å². The number of nitrogens with one attached hydrogen (secondary N) is 1. The summed E-state index contributed by atoms with van der Waals surface area (Å²) in [6.45, 7) is 1.13. The van der Waals surface area contributed by atoms with E-state index in [1.165, 1.54) is 32.1 Å². The van der Waals surface area contributed by atoms with Crippen LogP contribution in [0.5, 0.6) is 0 Å². The summed E-state index contributed by atoms with van der Waals surface area (Å²) in [5.74, 6) is 1.16. The SMILES string of the molecule is c1nc([C@H]2CCCCN2)n(C2CC2)n1. The Morgan fingerprint density at radius 3 is 2.93 bits per heavy atom. The third kappa shape index (κ3) is 1.43. The molecule has 1 aliphatic heterocycles. The van der Waals surface area contributed by atoms with Crippen LogP contribution in [0.2, 0.25) is 0 Å². The summed E-state index contributed by atoms with van der Waals surface area (Å²) in [7, 11) is 0. The van der Waals surface area contributed by atoms with Crippen LogP contribution in [0.25, 0.3) is 0 Å². The molecule has 0 bridgehead atoms. The number of piperidine rings is 1. The van der Waals surface area contributed by atoms with Crippen molar-refractivity contribution in [2.45, 2.75) is 44.2 Å². The first-order valence-corrected chi connectivity index (χ1v) is 5.58. The molecule has 1 aromatic heterocycles. The van der Waals surface area contributed by atoms with Crippen molar-refractivity contribution in [1.29, 1.82) is 0 Å². The molecule has 1 aliphatic carbocycles. The minimum absolute atomic E-state index is 0.451. The highest BCUT2D eigenvalue weighted by molar-refractivity contribution is 5.00. The maximum Gasteiger partial charge on any atom is 0.144 e. The van der Waals surface area contributed by atoms with Crippen molar-refractivity contribution in [3.63, 3.8) is 0 Å². The zero-order valence-electron chi connectivity index (χ0n) is 8.32. The summed E-state index contributed by atoms with van der Waals surface area (Å²) in [5, 5.41) is 7.84. The Morgan fingerprint density at radius 2 is 2.21 bits per heavy atom. The van der Waals surface area contributed by atoms with Crippen molar-refractivity contribution in [1.82, 2.24) is 20.1 Å².